The van der Waals surface area contributed by atoms with Gasteiger partial charge in [0.15, 0.2) is 5.69 Å². The molecule has 0 atom stereocenters. The van der Waals surface area contributed by atoms with E-state index in [4.69, 9.17) is 11.6 Å². The molecule has 0 saturated carbocycles. The van der Waals surface area contributed by atoms with Gasteiger partial charge in [0.05, 0.1) is 5.51 Å². The van der Waals surface area contributed by atoms with E-state index in [0.717, 1.165) is 3.79 Å². The van der Waals surface area contributed by atoms with Crippen molar-refractivity contribution in [1.82, 2.24) is 10.3 Å². The molecule has 1 aromatic rings. The Bertz CT molecular complexity index is 340. The number of amides is 1. The van der Waals surface area contributed by atoms with Gasteiger partial charge in [-0.3, -0.25) is 4.79 Å². The Morgan fingerprint density at radius 3 is 2.86 bits per heavy atom. The third kappa shape index (κ3) is 2.93. The third-order valence-corrected chi connectivity index (χ3v) is 3.74. The fourth-order valence-corrected chi connectivity index (χ4v) is 1.89. The summed E-state index contributed by atoms with van der Waals surface area (Å²) in [4.78, 5) is 15.6. The smallest absolute Gasteiger partial charge is 0.272 e. The highest BCUT2D eigenvalue weighted by atomic mass is 79.9. The molecule has 3 nitrogen and oxygen atoms in total. The lowest BCUT2D eigenvalue weighted by molar-refractivity contribution is 0.0915. The van der Waals surface area contributed by atoms with E-state index >= 15 is 0 Å². The van der Waals surface area contributed by atoms with E-state index in [2.05, 4.69) is 26.2 Å². The number of carbonyl (C=O) groups is 1. The molecule has 1 aromatic heterocycles. The minimum absolute atomic E-state index is 0.205. The van der Waals surface area contributed by atoms with Gasteiger partial charge in [-0.2, -0.15) is 0 Å². The van der Waals surface area contributed by atoms with Crippen LogP contribution in [0.1, 0.15) is 24.3 Å². The molecular formula is C8H10BrClN2OS. The minimum Gasteiger partial charge on any atom is -0.345 e. The first-order chi connectivity index (χ1) is 6.46. The molecule has 0 bridgehead atoms. The fourth-order valence-electron chi connectivity index (χ4n) is 0.780. The van der Waals surface area contributed by atoms with E-state index in [9.17, 15) is 4.79 Å². The molecule has 6 heteroatoms. The van der Waals surface area contributed by atoms with Crippen LogP contribution in [-0.4, -0.2) is 22.3 Å². The van der Waals surface area contributed by atoms with Crippen LogP contribution in [0, 0.1) is 0 Å². The third-order valence-electron chi connectivity index (χ3n) is 1.53. The van der Waals surface area contributed by atoms with Crippen LogP contribution in [0.2, 0.25) is 0 Å². The molecule has 1 amide bonds. The van der Waals surface area contributed by atoms with E-state index in [1.807, 2.05) is 13.8 Å². The first-order valence-corrected chi connectivity index (χ1v) is 6.14. The number of nitrogens with one attached hydrogen (secondary N) is 1. The standard InChI is InChI=1S/C8H10BrClN2OS/c1-8(2,3-10)12-7(13)5-6(9)14-4-11-5/h4H,3H2,1-2H3,(H,12,13). The van der Waals surface area contributed by atoms with Crippen LogP contribution in [0.15, 0.2) is 9.30 Å². The second-order valence-electron chi connectivity index (χ2n) is 3.45. The molecule has 0 aliphatic rings. The molecule has 0 spiro atoms. The number of nitrogens with zero attached hydrogens (tertiary/aromatic N) is 1. The van der Waals surface area contributed by atoms with Crippen molar-refractivity contribution in [3.63, 3.8) is 0 Å². The van der Waals surface area contributed by atoms with E-state index in [1.54, 1.807) is 5.51 Å². The molecule has 1 heterocycles. The van der Waals surface area contributed by atoms with Crippen LogP contribution < -0.4 is 5.32 Å². The van der Waals surface area contributed by atoms with Crippen molar-refractivity contribution in [3.05, 3.63) is 15.0 Å². The molecule has 0 aromatic carbocycles. The van der Waals surface area contributed by atoms with Crippen LogP contribution in [0.25, 0.3) is 0 Å². The van der Waals surface area contributed by atoms with Crippen LogP contribution in [0.4, 0.5) is 0 Å². The van der Waals surface area contributed by atoms with Crippen molar-refractivity contribution in [1.29, 1.82) is 0 Å². The summed E-state index contributed by atoms with van der Waals surface area (Å²) in [6.45, 7) is 3.72. The summed E-state index contributed by atoms with van der Waals surface area (Å²) in [7, 11) is 0. The van der Waals surface area contributed by atoms with Crippen LogP contribution in [0.3, 0.4) is 0 Å². The van der Waals surface area contributed by atoms with Crippen molar-refractivity contribution in [2.45, 2.75) is 19.4 Å². The Morgan fingerprint density at radius 2 is 2.43 bits per heavy atom. The summed E-state index contributed by atoms with van der Waals surface area (Å²) in [6.07, 6.45) is 0. The Labute approximate surface area is 100.0 Å². The number of aromatic nitrogens is 1. The van der Waals surface area contributed by atoms with Crippen LogP contribution >= 0.6 is 38.9 Å². The van der Waals surface area contributed by atoms with Gasteiger partial charge in [-0.15, -0.1) is 22.9 Å². The Kier molecular flexibility index (Phi) is 3.92. The first-order valence-electron chi connectivity index (χ1n) is 3.94. The summed E-state index contributed by atoms with van der Waals surface area (Å²) in [6, 6.07) is 0. The fraction of sp³-hybridized carbons (Fsp3) is 0.500. The van der Waals surface area contributed by atoms with Gasteiger partial charge in [0.1, 0.15) is 3.79 Å². The lowest BCUT2D eigenvalue weighted by Gasteiger charge is -2.22. The zero-order chi connectivity index (χ0) is 10.8. The number of rotatable bonds is 3. The molecule has 14 heavy (non-hydrogen) atoms. The molecule has 0 aliphatic heterocycles. The lowest BCUT2D eigenvalue weighted by atomic mass is 10.1. The summed E-state index contributed by atoms with van der Waals surface area (Å²) in [5.74, 6) is 0.157. The Hall–Kier alpha value is -0.130. The average Bonchev–Trinajstić information content (AvgIpc) is 2.51. The molecule has 0 unspecified atom stereocenters. The molecule has 0 fully saturated rings. The van der Waals surface area contributed by atoms with Gasteiger partial charge in [0.25, 0.3) is 5.91 Å². The van der Waals surface area contributed by atoms with Crippen LogP contribution in [-0.2, 0) is 0 Å². The maximum absolute atomic E-state index is 11.6. The SMILES string of the molecule is CC(C)(CCl)NC(=O)c1ncsc1Br. The zero-order valence-electron chi connectivity index (χ0n) is 7.80. The number of hydrogen-bond donors (Lipinski definition) is 1. The summed E-state index contributed by atoms with van der Waals surface area (Å²) in [5, 5.41) is 2.79. The predicted molar refractivity (Wildman–Crippen MR) is 62.1 cm³/mol. The van der Waals surface area contributed by atoms with E-state index in [1.165, 1.54) is 11.3 Å². The summed E-state index contributed by atoms with van der Waals surface area (Å²) in [5.41, 5.74) is 1.61. The quantitative estimate of drug-likeness (QED) is 0.872. The molecule has 1 N–H and O–H groups in total. The highest BCUT2D eigenvalue weighted by Crippen LogP contribution is 2.21. The molecule has 0 saturated heterocycles. The van der Waals surface area contributed by atoms with Crippen molar-refractivity contribution in [2.75, 3.05) is 5.88 Å². The van der Waals surface area contributed by atoms with Gasteiger partial charge in [-0.25, -0.2) is 4.98 Å². The van der Waals surface area contributed by atoms with E-state index in [0.29, 0.717) is 11.6 Å². The van der Waals surface area contributed by atoms with Gasteiger partial charge in [0.2, 0.25) is 0 Å². The number of alkyl halides is 1. The second-order valence-corrected chi connectivity index (χ2v) is 5.89. The van der Waals surface area contributed by atoms with Gasteiger partial charge in [-0.1, -0.05) is 0 Å². The summed E-state index contributed by atoms with van der Waals surface area (Å²) >= 11 is 10.3. The number of carbonyl (C=O) groups excluding carboxylic acids is 1. The normalized spacial score (nSPS) is 11.4. The molecule has 78 valence electrons. The van der Waals surface area contributed by atoms with Gasteiger partial charge in [0, 0.05) is 11.4 Å². The van der Waals surface area contributed by atoms with Crippen molar-refractivity contribution < 1.29 is 4.79 Å². The monoisotopic (exact) mass is 296 g/mol. The topological polar surface area (TPSA) is 42.0 Å². The lowest BCUT2D eigenvalue weighted by Crippen LogP contribution is -2.45. The van der Waals surface area contributed by atoms with Crippen molar-refractivity contribution >= 4 is 44.8 Å². The largest absolute Gasteiger partial charge is 0.345 e. The van der Waals surface area contributed by atoms with Crippen LogP contribution in [0.5, 0.6) is 0 Å². The number of hydrogen-bond acceptors (Lipinski definition) is 3. The number of halogens is 2. The molecule has 0 aliphatic carbocycles. The second kappa shape index (κ2) is 4.59. The predicted octanol–water partition coefficient (Wildman–Crippen LogP) is 2.65. The van der Waals surface area contributed by atoms with Crippen molar-refractivity contribution in [3.8, 4) is 0 Å². The molecule has 0 radical (unpaired) electrons. The first kappa shape index (κ1) is 11.9. The molecular weight excluding hydrogens is 288 g/mol. The van der Waals surface area contributed by atoms with E-state index in [-0.39, 0.29) is 5.91 Å². The molecule has 1 rings (SSSR count). The van der Waals surface area contributed by atoms with Gasteiger partial charge < -0.3 is 5.32 Å². The average molecular weight is 298 g/mol. The number of thiazole rings is 1. The maximum atomic E-state index is 11.6. The zero-order valence-corrected chi connectivity index (χ0v) is 11.0. The maximum Gasteiger partial charge on any atom is 0.272 e. The Morgan fingerprint density at radius 1 is 1.79 bits per heavy atom. The van der Waals surface area contributed by atoms with Gasteiger partial charge in [-0.05, 0) is 29.8 Å². The summed E-state index contributed by atoms with van der Waals surface area (Å²) < 4.78 is 0.736. The van der Waals surface area contributed by atoms with Gasteiger partial charge >= 0.3 is 0 Å². The van der Waals surface area contributed by atoms with E-state index < -0.39 is 5.54 Å². The highest BCUT2D eigenvalue weighted by molar-refractivity contribution is 9.11. The van der Waals surface area contributed by atoms with Crippen molar-refractivity contribution in [2.24, 2.45) is 0 Å². The Balaban J connectivity index is 2.73. The highest BCUT2D eigenvalue weighted by Gasteiger charge is 2.22. The minimum atomic E-state index is -0.415.